The van der Waals surface area contributed by atoms with Crippen LogP contribution in [-0.4, -0.2) is 4.57 Å². The number of anilines is 3. The number of benzene rings is 9. The Bertz CT molecular complexity index is 3150. The molecule has 2 heterocycles. The molecule has 0 fully saturated rings. The summed E-state index contributed by atoms with van der Waals surface area (Å²) < 4.78 is 8.80. The van der Waals surface area contributed by atoms with Gasteiger partial charge in [-0.3, -0.25) is 0 Å². The summed E-state index contributed by atoms with van der Waals surface area (Å²) in [5.41, 5.74) is 8.53. The molecule has 238 valence electrons. The zero-order valence-electron chi connectivity index (χ0n) is 27.6. The second-order valence-electron chi connectivity index (χ2n) is 13.3. The summed E-state index contributed by atoms with van der Waals surface area (Å²) >= 11 is 0. The minimum atomic E-state index is 0.873. The highest BCUT2D eigenvalue weighted by atomic mass is 16.3. The molecule has 0 aliphatic heterocycles. The topological polar surface area (TPSA) is 21.3 Å². The third kappa shape index (κ3) is 4.19. The molecular weight excluding hydrogens is 621 g/mol. The van der Waals surface area contributed by atoms with Gasteiger partial charge < -0.3 is 13.9 Å². The second kappa shape index (κ2) is 10.8. The number of fused-ring (bicyclic) bond motifs is 11. The third-order valence-corrected chi connectivity index (χ3v) is 10.5. The Morgan fingerprint density at radius 2 is 0.980 bits per heavy atom. The van der Waals surface area contributed by atoms with Gasteiger partial charge in [-0.15, -0.1) is 0 Å². The summed E-state index contributed by atoms with van der Waals surface area (Å²) in [6, 6.07) is 65.6. The van der Waals surface area contributed by atoms with E-state index in [2.05, 4.69) is 185 Å². The highest BCUT2D eigenvalue weighted by Gasteiger charge is 2.22. The Morgan fingerprint density at radius 1 is 0.373 bits per heavy atom. The van der Waals surface area contributed by atoms with Crippen LogP contribution in [0, 0.1) is 0 Å². The van der Waals surface area contributed by atoms with Crippen LogP contribution in [0.15, 0.2) is 186 Å². The van der Waals surface area contributed by atoms with Crippen molar-refractivity contribution < 1.29 is 4.42 Å². The average Bonchev–Trinajstić information content (AvgIpc) is 3.74. The number of hydrogen-bond donors (Lipinski definition) is 0. The smallest absolute Gasteiger partial charge is 0.137 e. The van der Waals surface area contributed by atoms with Gasteiger partial charge in [0.15, 0.2) is 0 Å². The van der Waals surface area contributed by atoms with E-state index in [1.54, 1.807) is 0 Å². The van der Waals surface area contributed by atoms with Crippen LogP contribution in [0.5, 0.6) is 0 Å². The van der Waals surface area contributed by atoms with Gasteiger partial charge in [0.2, 0.25) is 0 Å². The zero-order valence-corrected chi connectivity index (χ0v) is 27.6. The number of para-hydroxylation sites is 3. The molecule has 0 aliphatic carbocycles. The van der Waals surface area contributed by atoms with E-state index in [-0.39, 0.29) is 0 Å². The Kier molecular flexibility index (Phi) is 5.96. The number of hydrogen-bond acceptors (Lipinski definition) is 2. The molecule has 11 aromatic rings. The van der Waals surface area contributed by atoms with Gasteiger partial charge in [0.25, 0.3) is 0 Å². The molecule has 11 rings (SSSR count). The Hall–Kier alpha value is -6.84. The zero-order chi connectivity index (χ0) is 33.5. The van der Waals surface area contributed by atoms with Crippen molar-refractivity contribution in [3.8, 4) is 5.69 Å². The third-order valence-electron chi connectivity index (χ3n) is 10.5. The van der Waals surface area contributed by atoms with Crippen molar-refractivity contribution in [2.75, 3.05) is 4.90 Å². The van der Waals surface area contributed by atoms with E-state index in [9.17, 15) is 0 Å². The molecule has 0 aliphatic rings. The number of nitrogens with zero attached hydrogens (tertiary/aromatic N) is 2. The first kappa shape index (κ1) is 28.0. The number of rotatable bonds is 4. The fourth-order valence-electron chi connectivity index (χ4n) is 8.27. The SMILES string of the molecule is c1ccc(-n2c3ccccc3c3cc(N(c4ccc5ccc6c7ccccc7ccc6c5c4)c4cccc5oc6ccccc6c45)ccc32)cc1. The van der Waals surface area contributed by atoms with E-state index < -0.39 is 0 Å². The van der Waals surface area contributed by atoms with Gasteiger partial charge in [-0.2, -0.15) is 0 Å². The molecule has 3 nitrogen and oxygen atoms in total. The lowest BCUT2D eigenvalue weighted by molar-refractivity contribution is 0.669. The van der Waals surface area contributed by atoms with Crippen LogP contribution in [0.2, 0.25) is 0 Å². The fourth-order valence-corrected chi connectivity index (χ4v) is 8.27. The molecule has 0 spiro atoms. The summed E-state index contributed by atoms with van der Waals surface area (Å²) in [5.74, 6) is 0. The van der Waals surface area contributed by atoms with E-state index in [1.165, 1.54) is 54.1 Å². The molecule has 3 heteroatoms. The summed E-state index contributed by atoms with van der Waals surface area (Å²) in [6.07, 6.45) is 0. The Labute approximate surface area is 293 Å². The van der Waals surface area contributed by atoms with Crippen LogP contribution >= 0.6 is 0 Å². The average molecular weight is 651 g/mol. The van der Waals surface area contributed by atoms with Crippen molar-refractivity contribution in [2.45, 2.75) is 0 Å². The van der Waals surface area contributed by atoms with Crippen molar-refractivity contribution in [2.24, 2.45) is 0 Å². The normalized spacial score (nSPS) is 11.9. The molecule has 0 N–H and O–H groups in total. The molecule has 2 aromatic heterocycles. The van der Waals surface area contributed by atoms with Crippen molar-refractivity contribution in [3.05, 3.63) is 182 Å². The molecule has 0 unspecified atom stereocenters. The lowest BCUT2D eigenvalue weighted by Crippen LogP contribution is -2.10. The lowest BCUT2D eigenvalue weighted by atomic mass is 9.96. The van der Waals surface area contributed by atoms with Gasteiger partial charge >= 0.3 is 0 Å². The van der Waals surface area contributed by atoms with Gasteiger partial charge in [0.1, 0.15) is 11.2 Å². The molecule has 0 bridgehead atoms. The van der Waals surface area contributed by atoms with Gasteiger partial charge in [-0.1, -0.05) is 115 Å². The first-order valence-electron chi connectivity index (χ1n) is 17.4. The Morgan fingerprint density at radius 3 is 1.84 bits per heavy atom. The van der Waals surface area contributed by atoms with Gasteiger partial charge in [0.05, 0.1) is 22.1 Å². The van der Waals surface area contributed by atoms with E-state index in [1.807, 2.05) is 6.07 Å². The standard InChI is InChI=1S/C48H30N2O/c1-2-12-33(13-3-1)50-43-17-8-6-15-39(43)42-30-35(25-28-44(42)50)49(45-18-10-20-47-48(45)40-16-7-9-19-46(40)51-47)34-24-21-32-23-26-37-36-14-5-4-11-31(36)22-27-38(37)41(32)29-34/h1-30H. The van der Waals surface area contributed by atoms with Crippen molar-refractivity contribution in [3.63, 3.8) is 0 Å². The number of furan rings is 1. The predicted octanol–water partition coefficient (Wildman–Crippen LogP) is 13.6. The summed E-state index contributed by atoms with van der Waals surface area (Å²) in [5, 5.41) is 12.1. The quantitative estimate of drug-likeness (QED) is 0.177. The van der Waals surface area contributed by atoms with E-state index >= 15 is 0 Å². The maximum absolute atomic E-state index is 6.43. The van der Waals surface area contributed by atoms with Crippen LogP contribution in [-0.2, 0) is 0 Å². The van der Waals surface area contributed by atoms with Gasteiger partial charge in [-0.25, -0.2) is 0 Å². The highest BCUT2D eigenvalue weighted by molar-refractivity contribution is 6.19. The minimum absolute atomic E-state index is 0.873. The van der Waals surface area contributed by atoms with Crippen LogP contribution in [0.1, 0.15) is 0 Å². The maximum atomic E-state index is 6.43. The van der Waals surface area contributed by atoms with Crippen molar-refractivity contribution >= 4 is 93.1 Å². The predicted molar refractivity (Wildman–Crippen MR) is 215 cm³/mol. The lowest BCUT2D eigenvalue weighted by Gasteiger charge is -2.27. The van der Waals surface area contributed by atoms with Crippen LogP contribution < -0.4 is 4.90 Å². The second-order valence-corrected chi connectivity index (χ2v) is 13.3. The largest absolute Gasteiger partial charge is 0.456 e. The molecule has 0 saturated carbocycles. The molecule has 0 atom stereocenters. The van der Waals surface area contributed by atoms with E-state index in [0.29, 0.717) is 0 Å². The van der Waals surface area contributed by atoms with E-state index in [0.717, 1.165) is 44.7 Å². The molecule has 9 aromatic carbocycles. The molecule has 0 amide bonds. The summed E-state index contributed by atoms with van der Waals surface area (Å²) in [7, 11) is 0. The fraction of sp³-hybridized carbons (Fsp3) is 0. The first-order valence-corrected chi connectivity index (χ1v) is 17.4. The molecule has 0 radical (unpaired) electrons. The van der Waals surface area contributed by atoms with Gasteiger partial charge in [-0.05, 0) is 99.0 Å². The summed E-state index contributed by atoms with van der Waals surface area (Å²) in [6.45, 7) is 0. The van der Waals surface area contributed by atoms with Gasteiger partial charge in [0, 0.05) is 33.2 Å². The summed E-state index contributed by atoms with van der Waals surface area (Å²) in [4.78, 5) is 2.41. The number of aromatic nitrogens is 1. The van der Waals surface area contributed by atoms with Crippen LogP contribution in [0.4, 0.5) is 17.1 Å². The monoisotopic (exact) mass is 650 g/mol. The molecule has 0 saturated heterocycles. The molecule has 51 heavy (non-hydrogen) atoms. The maximum Gasteiger partial charge on any atom is 0.137 e. The molecular formula is C48H30N2O. The van der Waals surface area contributed by atoms with Crippen molar-refractivity contribution in [1.82, 2.24) is 4.57 Å². The van der Waals surface area contributed by atoms with E-state index in [4.69, 9.17) is 4.42 Å². The van der Waals surface area contributed by atoms with Crippen LogP contribution in [0.25, 0.3) is 81.7 Å². The highest BCUT2D eigenvalue weighted by Crippen LogP contribution is 2.45. The van der Waals surface area contributed by atoms with Crippen molar-refractivity contribution in [1.29, 1.82) is 0 Å². The first-order chi connectivity index (χ1) is 25.3. The van der Waals surface area contributed by atoms with Crippen LogP contribution in [0.3, 0.4) is 0 Å². The Balaban J connectivity index is 1.22. The minimum Gasteiger partial charge on any atom is -0.456 e.